The van der Waals surface area contributed by atoms with Crippen molar-refractivity contribution in [1.82, 2.24) is 19.5 Å². The molecule has 0 atom stereocenters. The van der Waals surface area contributed by atoms with Crippen LogP contribution in [0.4, 0.5) is 10.1 Å². The van der Waals surface area contributed by atoms with Gasteiger partial charge in [0.2, 0.25) is 0 Å². The number of ether oxygens (including phenoxy) is 3. The molecule has 10 nitrogen and oxygen atoms in total. The smallest absolute Gasteiger partial charge is 0.267 e. The average molecular weight is 513 g/mol. The van der Waals surface area contributed by atoms with Crippen molar-refractivity contribution in [1.29, 1.82) is 0 Å². The lowest BCUT2D eigenvalue weighted by Gasteiger charge is -2.12. The Kier molecular flexibility index (Phi) is 6.64. The van der Waals surface area contributed by atoms with Crippen LogP contribution in [-0.2, 0) is 0 Å². The predicted octanol–water partition coefficient (Wildman–Crippen LogP) is 4.38. The van der Waals surface area contributed by atoms with E-state index in [4.69, 9.17) is 14.2 Å². The van der Waals surface area contributed by atoms with Gasteiger partial charge in [0.15, 0.2) is 23.1 Å². The van der Waals surface area contributed by atoms with Gasteiger partial charge in [-0.05, 0) is 36.4 Å². The molecule has 11 heteroatoms. The number of anilines is 1. The Morgan fingerprint density at radius 3 is 2.50 bits per heavy atom. The molecule has 0 saturated heterocycles. The van der Waals surface area contributed by atoms with E-state index in [0.717, 1.165) is 6.07 Å². The molecule has 5 rings (SSSR count). The average Bonchev–Trinajstić information content (AvgIpc) is 2.94. The number of carbonyl (C=O) groups excluding carboxylic acids is 1. The number of fused-ring (bicyclic) bond motifs is 1. The number of aromatic nitrogens is 4. The second-order valence-electron chi connectivity index (χ2n) is 7.88. The summed E-state index contributed by atoms with van der Waals surface area (Å²) in [7, 11) is 2.93. The Balaban J connectivity index is 1.39. The third kappa shape index (κ3) is 4.72. The van der Waals surface area contributed by atoms with Gasteiger partial charge < -0.3 is 19.5 Å². The summed E-state index contributed by atoms with van der Waals surface area (Å²) in [5.41, 5.74) is 0.870. The van der Waals surface area contributed by atoms with E-state index in [-0.39, 0.29) is 28.6 Å². The summed E-state index contributed by atoms with van der Waals surface area (Å²) < 4.78 is 32.6. The Bertz CT molecular complexity index is 1710. The van der Waals surface area contributed by atoms with Crippen molar-refractivity contribution in [3.8, 4) is 28.8 Å². The summed E-state index contributed by atoms with van der Waals surface area (Å²) in [5.74, 6) is -0.672. The number of benzene rings is 1. The summed E-state index contributed by atoms with van der Waals surface area (Å²) in [4.78, 5) is 38.3. The Hall–Kier alpha value is -5.32. The Labute approximate surface area is 215 Å². The first kappa shape index (κ1) is 24.4. The summed E-state index contributed by atoms with van der Waals surface area (Å²) in [6.45, 7) is 0. The lowest BCUT2D eigenvalue weighted by molar-refractivity contribution is 0.102. The van der Waals surface area contributed by atoms with E-state index in [1.165, 1.54) is 43.2 Å². The van der Waals surface area contributed by atoms with Crippen LogP contribution in [0, 0.1) is 5.82 Å². The standard InChI is InChI=1S/C27H20FN5O5/c1-36-23-15-20-24(32-26(23)37-2)22(9-12-30-20)38-21-6-5-16(14-19(21)28)31-25(34)18-4-3-13-33(27(18)35)17-7-10-29-11-8-17/h3-15H,1-2H3,(H,31,34). The monoisotopic (exact) mass is 513 g/mol. The summed E-state index contributed by atoms with van der Waals surface area (Å²) in [6.07, 6.45) is 6.12. The molecule has 190 valence electrons. The van der Waals surface area contributed by atoms with Crippen molar-refractivity contribution in [2.45, 2.75) is 0 Å². The first-order valence-electron chi connectivity index (χ1n) is 11.3. The summed E-state index contributed by atoms with van der Waals surface area (Å²) >= 11 is 0. The fourth-order valence-corrected chi connectivity index (χ4v) is 3.74. The number of methoxy groups -OCH3 is 2. The van der Waals surface area contributed by atoms with Gasteiger partial charge in [-0.3, -0.25) is 24.1 Å². The number of halogens is 1. The molecule has 4 aromatic heterocycles. The number of pyridine rings is 4. The van der Waals surface area contributed by atoms with Gasteiger partial charge in [-0.25, -0.2) is 9.37 Å². The van der Waals surface area contributed by atoms with E-state index in [0.29, 0.717) is 22.5 Å². The van der Waals surface area contributed by atoms with E-state index in [2.05, 4.69) is 20.3 Å². The van der Waals surface area contributed by atoms with Crippen molar-refractivity contribution in [3.63, 3.8) is 0 Å². The molecule has 0 aliphatic carbocycles. The largest absolute Gasteiger partial charge is 0.491 e. The third-order valence-electron chi connectivity index (χ3n) is 5.56. The topological polar surface area (TPSA) is 117 Å². The zero-order valence-electron chi connectivity index (χ0n) is 20.2. The highest BCUT2D eigenvalue weighted by Crippen LogP contribution is 2.35. The molecule has 4 heterocycles. The van der Waals surface area contributed by atoms with Gasteiger partial charge in [0.05, 0.1) is 25.4 Å². The zero-order chi connectivity index (χ0) is 26.6. The molecule has 1 amide bonds. The van der Waals surface area contributed by atoms with Crippen molar-refractivity contribution in [2.24, 2.45) is 0 Å². The number of nitrogens with one attached hydrogen (secondary N) is 1. The van der Waals surface area contributed by atoms with Gasteiger partial charge in [0.25, 0.3) is 17.3 Å². The fraction of sp³-hybridized carbons (Fsp3) is 0.0741. The van der Waals surface area contributed by atoms with E-state index >= 15 is 0 Å². The van der Waals surface area contributed by atoms with Gasteiger partial charge in [-0.2, -0.15) is 0 Å². The van der Waals surface area contributed by atoms with Crippen LogP contribution < -0.4 is 25.1 Å². The third-order valence-corrected chi connectivity index (χ3v) is 5.56. The molecule has 0 bridgehead atoms. The first-order chi connectivity index (χ1) is 18.5. The molecule has 0 saturated carbocycles. The molecule has 0 radical (unpaired) electrons. The summed E-state index contributed by atoms with van der Waals surface area (Å²) in [6, 6.07) is 13.3. The number of hydrogen-bond donors (Lipinski definition) is 1. The van der Waals surface area contributed by atoms with E-state index in [1.54, 1.807) is 48.9 Å². The maximum absolute atomic E-state index is 15.0. The Morgan fingerprint density at radius 1 is 0.947 bits per heavy atom. The van der Waals surface area contributed by atoms with Gasteiger partial charge in [0.1, 0.15) is 11.1 Å². The molecule has 0 unspecified atom stereocenters. The van der Waals surface area contributed by atoms with Crippen LogP contribution in [0.1, 0.15) is 10.4 Å². The number of rotatable bonds is 7. The SMILES string of the molecule is COc1cc2nccc(Oc3ccc(NC(=O)c4cccn(-c5ccncc5)c4=O)cc3F)c2nc1OC. The molecule has 0 fully saturated rings. The van der Waals surface area contributed by atoms with Gasteiger partial charge in [-0.15, -0.1) is 0 Å². The highest BCUT2D eigenvalue weighted by atomic mass is 19.1. The number of carbonyl (C=O) groups is 1. The van der Waals surface area contributed by atoms with Gasteiger partial charge in [-0.1, -0.05) is 0 Å². The summed E-state index contributed by atoms with van der Waals surface area (Å²) in [5, 5.41) is 2.55. The van der Waals surface area contributed by atoms with Crippen LogP contribution in [0.15, 0.2) is 84.2 Å². The van der Waals surface area contributed by atoms with Crippen LogP contribution in [0.5, 0.6) is 23.1 Å². The number of hydrogen-bond acceptors (Lipinski definition) is 8. The minimum Gasteiger partial charge on any atom is -0.491 e. The lowest BCUT2D eigenvalue weighted by atomic mass is 10.2. The highest BCUT2D eigenvalue weighted by Gasteiger charge is 2.17. The maximum atomic E-state index is 15.0. The molecule has 5 aromatic rings. The zero-order valence-corrected chi connectivity index (χ0v) is 20.2. The predicted molar refractivity (Wildman–Crippen MR) is 137 cm³/mol. The van der Waals surface area contributed by atoms with Crippen LogP contribution in [0.2, 0.25) is 0 Å². The van der Waals surface area contributed by atoms with Crippen LogP contribution >= 0.6 is 0 Å². The van der Waals surface area contributed by atoms with Crippen molar-refractivity contribution < 1.29 is 23.4 Å². The highest BCUT2D eigenvalue weighted by molar-refractivity contribution is 6.04. The normalized spacial score (nSPS) is 10.7. The van der Waals surface area contributed by atoms with E-state index in [9.17, 15) is 14.0 Å². The molecule has 1 N–H and O–H groups in total. The van der Waals surface area contributed by atoms with Crippen LogP contribution in [-0.4, -0.2) is 39.6 Å². The second-order valence-corrected chi connectivity index (χ2v) is 7.88. The van der Waals surface area contributed by atoms with Gasteiger partial charge in [0, 0.05) is 48.7 Å². The quantitative estimate of drug-likeness (QED) is 0.341. The lowest BCUT2D eigenvalue weighted by Crippen LogP contribution is -2.27. The number of amides is 1. The Morgan fingerprint density at radius 2 is 1.76 bits per heavy atom. The maximum Gasteiger partial charge on any atom is 0.267 e. The molecule has 0 aliphatic rings. The van der Waals surface area contributed by atoms with Crippen LogP contribution in [0.25, 0.3) is 16.7 Å². The van der Waals surface area contributed by atoms with Crippen molar-refractivity contribution >= 4 is 22.6 Å². The van der Waals surface area contributed by atoms with Crippen LogP contribution in [0.3, 0.4) is 0 Å². The van der Waals surface area contributed by atoms with Gasteiger partial charge >= 0.3 is 0 Å². The van der Waals surface area contributed by atoms with Crippen molar-refractivity contribution in [3.05, 3.63) is 101 Å². The minimum atomic E-state index is -0.740. The minimum absolute atomic E-state index is 0.105. The van der Waals surface area contributed by atoms with E-state index in [1.807, 2.05) is 0 Å². The molecule has 38 heavy (non-hydrogen) atoms. The first-order valence-corrected chi connectivity index (χ1v) is 11.3. The molecular formula is C27H20FN5O5. The molecule has 1 aromatic carbocycles. The molecule has 0 aliphatic heterocycles. The molecule has 0 spiro atoms. The number of nitrogens with zero attached hydrogens (tertiary/aromatic N) is 4. The fourth-order valence-electron chi connectivity index (χ4n) is 3.74. The second kappa shape index (κ2) is 10.3. The van der Waals surface area contributed by atoms with E-state index < -0.39 is 17.3 Å². The van der Waals surface area contributed by atoms with Crippen molar-refractivity contribution in [2.75, 3.05) is 19.5 Å². The molecular weight excluding hydrogens is 493 g/mol.